The van der Waals surface area contributed by atoms with Gasteiger partial charge in [0.15, 0.2) is 0 Å². The Kier molecular flexibility index (Phi) is 4.41. The van der Waals surface area contributed by atoms with E-state index in [1.807, 2.05) is 0 Å². The molecule has 0 bridgehead atoms. The number of nitrogens with zero attached hydrogens (tertiary/aromatic N) is 2. The molecule has 0 unspecified atom stereocenters. The quantitative estimate of drug-likeness (QED) is 0.484. The van der Waals surface area contributed by atoms with Crippen molar-refractivity contribution in [2.45, 2.75) is 52.5 Å². The van der Waals surface area contributed by atoms with Gasteiger partial charge in [0.1, 0.15) is 5.82 Å². The van der Waals surface area contributed by atoms with Crippen molar-refractivity contribution in [3.63, 3.8) is 0 Å². The fraction of sp³-hybridized carbons (Fsp3) is 0.562. The summed E-state index contributed by atoms with van der Waals surface area (Å²) < 4.78 is 3.52. The van der Waals surface area contributed by atoms with Gasteiger partial charge in [-0.25, -0.2) is 4.98 Å². The largest absolute Gasteiger partial charge is 0.321 e. The Morgan fingerprint density at radius 2 is 1.85 bits per heavy atom. The first-order chi connectivity index (χ1) is 9.14. The zero-order valence-corrected chi connectivity index (χ0v) is 15.7. The second kappa shape index (κ2) is 5.48. The van der Waals surface area contributed by atoms with Crippen molar-refractivity contribution in [3.05, 3.63) is 27.6 Å². The van der Waals surface area contributed by atoms with Crippen LogP contribution in [-0.4, -0.2) is 9.55 Å². The third kappa shape index (κ3) is 3.30. The van der Waals surface area contributed by atoms with Crippen molar-refractivity contribution in [1.29, 1.82) is 0 Å². The van der Waals surface area contributed by atoms with Crippen LogP contribution in [0.3, 0.4) is 0 Å². The third-order valence-electron chi connectivity index (χ3n) is 3.37. The molecule has 1 aromatic carbocycles. The Bertz CT molecular complexity index is 623. The highest BCUT2D eigenvalue weighted by atomic mass is 127. The summed E-state index contributed by atoms with van der Waals surface area (Å²) >= 11 is 8.46. The molecule has 0 spiro atoms. The molecule has 0 N–H and O–H groups in total. The van der Waals surface area contributed by atoms with Gasteiger partial charge in [0.2, 0.25) is 0 Å². The highest BCUT2D eigenvalue weighted by Gasteiger charge is 2.30. The van der Waals surface area contributed by atoms with E-state index in [0.29, 0.717) is 5.88 Å². The van der Waals surface area contributed by atoms with Crippen LogP contribution in [0.5, 0.6) is 0 Å². The first-order valence-electron chi connectivity index (χ1n) is 6.87. The van der Waals surface area contributed by atoms with Crippen molar-refractivity contribution in [2.75, 3.05) is 0 Å². The average molecular weight is 405 g/mol. The predicted molar refractivity (Wildman–Crippen MR) is 95.4 cm³/mol. The van der Waals surface area contributed by atoms with Gasteiger partial charge < -0.3 is 4.57 Å². The van der Waals surface area contributed by atoms with E-state index in [4.69, 9.17) is 16.6 Å². The van der Waals surface area contributed by atoms with Crippen molar-refractivity contribution in [1.82, 2.24) is 9.55 Å². The number of hydrogen-bond donors (Lipinski definition) is 0. The number of benzene rings is 1. The van der Waals surface area contributed by atoms with Gasteiger partial charge in [0.05, 0.1) is 16.9 Å². The molecule has 0 saturated heterocycles. The summed E-state index contributed by atoms with van der Waals surface area (Å²) in [5, 5.41) is 0. The number of imidazole rings is 1. The Labute approximate surface area is 140 Å². The zero-order chi connectivity index (χ0) is 15.1. The molecule has 110 valence electrons. The number of fused-ring (bicyclic) bond motifs is 1. The standard InChI is InChI=1S/C16H22ClIN2/c1-15(2,3)10-16(4,5)20-13-7-6-11(18)8-12(13)19-14(20)9-17/h6-8H,9-10H2,1-5H3. The molecular formula is C16H22ClIN2. The summed E-state index contributed by atoms with van der Waals surface area (Å²) in [5.74, 6) is 1.40. The highest BCUT2D eigenvalue weighted by molar-refractivity contribution is 14.1. The van der Waals surface area contributed by atoms with Gasteiger partial charge in [-0.1, -0.05) is 20.8 Å². The summed E-state index contributed by atoms with van der Waals surface area (Å²) in [6.45, 7) is 11.4. The maximum Gasteiger partial charge on any atom is 0.125 e. The van der Waals surface area contributed by atoms with E-state index >= 15 is 0 Å². The second-order valence-corrected chi connectivity index (χ2v) is 8.69. The smallest absolute Gasteiger partial charge is 0.125 e. The molecule has 0 atom stereocenters. The number of halogens is 2. The van der Waals surface area contributed by atoms with Crippen LogP contribution in [-0.2, 0) is 11.4 Å². The van der Waals surface area contributed by atoms with Crippen LogP contribution in [0.4, 0.5) is 0 Å². The summed E-state index contributed by atoms with van der Waals surface area (Å²) in [4.78, 5) is 4.71. The summed E-state index contributed by atoms with van der Waals surface area (Å²) in [6.07, 6.45) is 1.07. The highest BCUT2D eigenvalue weighted by Crippen LogP contribution is 2.36. The van der Waals surface area contributed by atoms with Gasteiger partial charge >= 0.3 is 0 Å². The van der Waals surface area contributed by atoms with Gasteiger partial charge in [-0.3, -0.25) is 0 Å². The molecule has 1 aromatic heterocycles. The van der Waals surface area contributed by atoms with Crippen LogP contribution in [0.15, 0.2) is 18.2 Å². The van der Waals surface area contributed by atoms with Crippen LogP contribution in [0.25, 0.3) is 11.0 Å². The fourth-order valence-electron chi connectivity index (χ4n) is 3.25. The lowest BCUT2D eigenvalue weighted by molar-refractivity contribution is 0.216. The van der Waals surface area contributed by atoms with Crippen molar-refractivity contribution >= 4 is 45.2 Å². The molecule has 0 amide bonds. The number of aromatic nitrogens is 2. The SMILES string of the molecule is CC(C)(C)CC(C)(C)n1c(CCl)nc2cc(I)ccc21. The molecule has 2 rings (SSSR count). The monoisotopic (exact) mass is 404 g/mol. The molecule has 2 aromatic rings. The molecule has 0 fully saturated rings. The molecule has 0 aliphatic heterocycles. The van der Waals surface area contributed by atoms with E-state index < -0.39 is 0 Å². The average Bonchev–Trinajstić information content (AvgIpc) is 2.63. The maximum absolute atomic E-state index is 6.14. The van der Waals surface area contributed by atoms with Gasteiger partial charge in [0, 0.05) is 9.11 Å². The minimum absolute atomic E-state index is 0.00991. The van der Waals surface area contributed by atoms with Crippen LogP contribution >= 0.6 is 34.2 Å². The molecule has 0 radical (unpaired) electrons. The molecule has 1 heterocycles. The van der Waals surface area contributed by atoms with E-state index in [1.54, 1.807) is 0 Å². The minimum atomic E-state index is -0.00991. The maximum atomic E-state index is 6.14. The van der Waals surface area contributed by atoms with Gasteiger partial charge in [-0.05, 0) is 66.5 Å². The van der Waals surface area contributed by atoms with E-state index in [1.165, 1.54) is 9.09 Å². The van der Waals surface area contributed by atoms with Crippen LogP contribution < -0.4 is 0 Å². The molecular weight excluding hydrogens is 383 g/mol. The predicted octanol–water partition coefficient (Wildman–Crippen LogP) is 5.55. The lowest BCUT2D eigenvalue weighted by Gasteiger charge is -2.35. The summed E-state index contributed by atoms with van der Waals surface area (Å²) in [6, 6.07) is 6.41. The summed E-state index contributed by atoms with van der Waals surface area (Å²) in [7, 11) is 0. The minimum Gasteiger partial charge on any atom is -0.321 e. The first kappa shape index (κ1) is 16.1. The van der Waals surface area contributed by atoms with Gasteiger partial charge in [0.25, 0.3) is 0 Å². The van der Waals surface area contributed by atoms with Crippen molar-refractivity contribution < 1.29 is 0 Å². The summed E-state index contributed by atoms with van der Waals surface area (Å²) in [5.41, 5.74) is 2.46. The molecule has 0 saturated carbocycles. The van der Waals surface area contributed by atoms with Gasteiger partial charge in [-0.15, -0.1) is 11.6 Å². The molecule has 4 heteroatoms. The van der Waals surface area contributed by atoms with Gasteiger partial charge in [-0.2, -0.15) is 0 Å². The lowest BCUT2D eigenvalue weighted by atomic mass is 9.81. The molecule has 0 aliphatic rings. The molecule has 0 aliphatic carbocycles. The van der Waals surface area contributed by atoms with E-state index in [2.05, 4.69) is 80.0 Å². The normalized spacial score (nSPS) is 13.2. The third-order valence-corrected chi connectivity index (χ3v) is 4.28. The fourth-order valence-corrected chi connectivity index (χ4v) is 3.90. The van der Waals surface area contributed by atoms with Crippen LogP contribution in [0.2, 0.25) is 0 Å². The van der Waals surface area contributed by atoms with Crippen LogP contribution in [0.1, 0.15) is 46.9 Å². The van der Waals surface area contributed by atoms with Crippen molar-refractivity contribution in [3.8, 4) is 0 Å². The second-order valence-electron chi connectivity index (χ2n) is 7.18. The zero-order valence-electron chi connectivity index (χ0n) is 12.8. The Morgan fingerprint density at radius 3 is 2.40 bits per heavy atom. The van der Waals surface area contributed by atoms with E-state index in [0.717, 1.165) is 17.8 Å². The Balaban J connectivity index is 2.62. The molecule has 2 nitrogen and oxygen atoms in total. The van der Waals surface area contributed by atoms with Crippen LogP contribution in [0, 0.1) is 8.99 Å². The number of rotatable bonds is 3. The Morgan fingerprint density at radius 1 is 1.20 bits per heavy atom. The topological polar surface area (TPSA) is 17.8 Å². The Hall–Kier alpha value is -0.290. The van der Waals surface area contributed by atoms with E-state index in [-0.39, 0.29) is 11.0 Å². The first-order valence-corrected chi connectivity index (χ1v) is 8.49. The molecule has 20 heavy (non-hydrogen) atoms. The van der Waals surface area contributed by atoms with Crippen molar-refractivity contribution in [2.24, 2.45) is 5.41 Å². The lowest BCUT2D eigenvalue weighted by Crippen LogP contribution is -2.32. The number of hydrogen-bond acceptors (Lipinski definition) is 1. The van der Waals surface area contributed by atoms with E-state index in [9.17, 15) is 0 Å². The number of alkyl halides is 1.